The second kappa shape index (κ2) is 4.48. The predicted molar refractivity (Wildman–Crippen MR) is 60.3 cm³/mol. The molecule has 2 rings (SSSR count). The molecule has 2 atom stereocenters. The Bertz CT molecular complexity index is 550. The number of rotatable bonds is 3. The first-order chi connectivity index (χ1) is 8.11. The van der Waals surface area contributed by atoms with E-state index in [1.807, 2.05) is 6.07 Å². The highest BCUT2D eigenvalue weighted by Gasteiger charge is 2.26. The minimum absolute atomic E-state index is 0.304. The molecule has 0 amide bonds. The number of benzene rings is 1. The molecule has 0 aliphatic carbocycles. The van der Waals surface area contributed by atoms with Crippen molar-refractivity contribution < 1.29 is 20.1 Å². The molecule has 1 aromatic carbocycles. The molecule has 0 fully saturated rings. The maximum absolute atomic E-state index is 10.6. The molecule has 0 saturated carbocycles. The Kier molecular flexibility index (Phi) is 3.03. The zero-order valence-electron chi connectivity index (χ0n) is 8.82. The molecule has 1 aromatic heterocycles. The van der Waals surface area contributed by atoms with Crippen LogP contribution in [0.1, 0.15) is 11.7 Å². The topological polar surface area (TPSA) is 90.7 Å². The number of aliphatic hydroxyl groups is 2. The van der Waals surface area contributed by atoms with Crippen LogP contribution < -0.4 is 0 Å². The third kappa shape index (κ3) is 2.11. The Hall–Kier alpha value is -1.98. The van der Waals surface area contributed by atoms with E-state index < -0.39 is 18.2 Å². The number of aliphatic carboxylic acids is 1. The second-order valence-electron chi connectivity index (χ2n) is 3.68. The molecule has 5 heteroatoms. The van der Waals surface area contributed by atoms with Crippen LogP contribution in [-0.4, -0.2) is 32.4 Å². The SMILES string of the molecule is O=C(O)C(O)C(O)c1cncc2ccccc12. The van der Waals surface area contributed by atoms with E-state index in [0.29, 0.717) is 10.9 Å². The summed E-state index contributed by atoms with van der Waals surface area (Å²) >= 11 is 0. The Balaban J connectivity index is 2.52. The summed E-state index contributed by atoms with van der Waals surface area (Å²) in [6.07, 6.45) is -0.383. The Morgan fingerprint density at radius 1 is 1.18 bits per heavy atom. The van der Waals surface area contributed by atoms with Gasteiger partial charge in [0.1, 0.15) is 6.10 Å². The Morgan fingerprint density at radius 3 is 2.59 bits per heavy atom. The Morgan fingerprint density at radius 2 is 1.88 bits per heavy atom. The van der Waals surface area contributed by atoms with Crippen LogP contribution in [0.5, 0.6) is 0 Å². The first kappa shape index (κ1) is 11.5. The lowest BCUT2D eigenvalue weighted by atomic mass is 10.0. The van der Waals surface area contributed by atoms with Crippen molar-refractivity contribution in [2.45, 2.75) is 12.2 Å². The standard InChI is InChI=1S/C12H11NO4/c14-10(11(15)12(16)17)9-6-13-5-7-3-1-2-4-8(7)9/h1-6,10-11,14-15H,(H,16,17). The molecule has 2 unspecified atom stereocenters. The van der Waals surface area contributed by atoms with E-state index in [1.165, 1.54) is 6.20 Å². The highest BCUT2D eigenvalue weighted by molar-refractivity contribution is 5.85. The fourth-order valence-electron chi connectivity index (χ4n) is 1.68. The first-order valence-corrected chi connectivity index (χ1v) is 5.03. The van der Waals surface area contributed by atoms with Gasteiger partial charge in [-0.1, -0.05) is 24.3 Å². The monoisotopic (exact) mass is 233 g/mol. The number of nitrogens with zero attached hydrogens (tertiary/aromatic N) is 1. The third-order valence-corrected chi connectivity index (χ3v) is 2.57. The van der Waals surface area contributed by atoms with Gasteiger partial charge < -0.3 is 15.3 Å². The lowest BCUT2D eigenvalue weighted by Crippen LogP contribution is -2.27. The molecule has 0 aliphatic heterocycles. The minimum Gasteiger partial charge on any atom is -0.479 e. The lowest BCUT2D eigenvalue weighted by Gasteiger charge is -2.15. The predicted octanol–water partition coefficient (Wildman–Crippen LogP) is 0.714. The molecule has 2 aromatic rings. The molecule has 0 bridgehead atoms. The van der Waals surface area contributed by atoms with Crippen LogP contribution in [0.3, 0.4) is 0 Å². The van der Waals surface area contributed by atoms with E-state index in [2.05, 4.69) is 4.98 Å². The van der Waals surface area contributed by atoms with Gasteiger partial charge in [-0.15, -0.1) is 0 Å². The summed E-state index contributed by atoms with van der Waals surface area (Å²) in [7, 11) is 0. The summed E-state index contributed by atoms with van der Waals surface area (Å²) in [5.41, 5.74) is 0.304. The largest absolute Gasteiger partial charge is 0.479 e. The van der Waals surface area contributed by atoms with E-state index in [-0.39, 0.29) is 0 Å². The van der Waals surface area contributed by atoms with Gasteiger partial charge in [0.05, 0.1) is 0 Å². The van der Waals surface area contributed by atoms with Gasteiger partial charge in [-0.3, -0.25) is 4.98 Å². The summed E-state index contributed by atoms with van der Waals surface area (Å²) in [6, 6.07) is 7.12. The Labute approximate surface area is 97.0 Å². The molecule has 0 spiro atoms. The summed E-state index contributed by atoms with van der Waals surface area (Å²) < 4.78 is 0. The molecular weight excluding hydrogens is 222 g/mol. The molecule has 0 aliphatic rings. The number of pyridine rings is 1. The van der Waals surface area contributed by atoms with Crippen LogP contribution in [0.25, 0.3) is 10.8 Å². The number of carboxylic acid groups (broad SMARTS) is 1. The molecule has 17 heavy (non-hydrogen) atoms. The van der Waals surface area contributed by atoms with Crippen molar-refractivity contribution in [2.75, 3.05) is 0 Å². The van der Waals surface area contributed by atoms with Crippen LogP contribution in [-0.2, 0) is 4.79 Å². The number of carbonyl (C=O) groups is 1. The van der Waals surface area contributed by atoms with E-state index in [1.54, 1.807) is 24.4 Å². The molecular formula is C12H11NO4. The highest BCUT2D eigenvalue weighted by atomic mass is 16.4. The number of fused-ring (bicyclic) bond motifs is 1. The van der Waals surface area contributed by atoms with Crippen molar-refractivity contribution in [2.24, 2.45) is 0 Å². The summed E-state index contributed by atoms with van der Waals surface area (Å²) in [5.74, 6) is -1.47. The van der Waals surface area contributed by atoms with E-state index >= 15 is 0 Å². The van der Waals surface area contributed by atoms with Crippen molar-refractivity contribution in [3.8, 4) is 0 Å². The number of hydrogen-bond acceptors (Lipinski definition) is 4. The normalized spacial score (nSPS) is 14.5. The van der Waals surface area contributed by atoms with Gasteiger partial charge in [0.25, 0.3) is 0 Å². The van der Waals surface area contributed by atoms with Crippen LogP contribution in [0.2, 0.25) is 0 Å². The number of aliphatic hydroxyl groups excluding tert-OH is 2. The van der Waals surface area contributed by atoms with Gasteiger partial charge in [0.15, 0.2) is 6.10 Å². The number of carboxylic acids is 1. The first-order valence-electron chi connectivity index (χ1n) is 5.03. The van der Waals surface area contributed by atoms with Crippen LogP contribution in [0, 0.1) is 0 Å². The minimum atomic E-state index is -1.86. The highest BCUT2D eigenvalue weighted by Crippen LogP contribution is 2.25. The molecule has 1 heterocycles. The van der Waals surface area contributed by atoms with Crippen molar-refractivity contribution in [3.63, 3.8) is 0 Å². The molecule has 0 radical (unpaired) electrons. The third-order valence-electron chi connectivity index (χ3n) is 2.57. The fourth-order valence-corrected chi connectivity index (χ4v) is 1.68. The molecule has 88 valence electrons. The lowest BCUT2D eigenvalue weighted by molar-refractivity contribution is -0.153. The van der Waals surface area contributed by atoms with Crippen LogP contribution >= 0.6 is 0 Å². The van der Waals surface area contributed by atoms with Crippen LogP contribution in [0.4, 0.5) is 0 Å². The average Bonchev–Trinajstić information content (AvgIpc) is 2.36. The van der Waals surface area contributed by atoms with Gasteiger partial charge >= 0.3 is 5.97 Å². The smallest absolute Gasteiger partial charge is 0.335 e. The van der Waals surface area contributed by atoms with Gasteiger partial charge in [-0.2, -0.15) is 0 Å². The summed E-state index contributed by atoms with van der Waals surface area (Å²) in [4.78, 5) is 14.5. The van der Waals surface area contributed by atoms with Crippen molar-refractivity contribution in [1.82, 2.24) is 4.98 Å². The zero-order chi connectivity index (χ0) is 12.4. The maximum atomic E-state index is 10.6. The second-order valence-corrected chi connectivity index (χ2v) is 3.68. The average molecular weight is 233 g/mol. The van der Waals surface area contributed by atoms with E-state index in [9.17, 15) is 15.0 Å². The fraction of sp³-hybridized carbons (Fsp3) is 0.167. The zero-order valence-corrected chi connectivity index (χ0v) is 8.82. The summed E-state index contributed by atoms with van der Waals surface area (Å²) in [6.45, 7) is 0. The molecule has 3 N–H and O–H groups in total. The molecule has 5 nitrogen and oxygen atoms in total. The number of hydrogen-bond donors (Lipinski definition) is 3. The quantitative estimate of drug-likeness (QED) is 0.726. The van der Waals surface area contributed by atoms with Gasteiger partial charge in [-0.05, 0) is 5.39 Å². The van der Waals surface area contributed by atoms with Crippen molar-refractivity contribution >= 4 is 16.7 Å². The van der Waals surface area contributed by atoms with E-state index in [0.717, 1.165) is 5.39 Å². The number of aromatic nitrogens is 1. The maximum Gasteiger partial charge on any atom is 0.335 e. The van der Waals surface area contributed by atoms with Gasteiger partial charge in [-0.25, -0.2) is 4.79 Å². The molecule has 0 saturated heterocycles. The van der Waals surface area contributed by atoms with Gasteiger partial charge in [0.2, 0.25) is 0 Å². The van der Waals surface area contributed by atoms with Crippen LogP contribution in [0.15, 0.2) is 36.7 Å². The van der Waals surface area contributed by atoms with Crippen molar-refractivity contribution in [3.05, 3.63) is 42.2 Å². The van der Waals surface area contributed by atoms with Gasteiger partial charge in [0, 0.05) is 23.3 Å². The summed E-state index contributed by atoms with van der Waals surface area (Å²) in [5, 5.41) is 29.2. The van der Waals surface area contributed by atoms with E-state index in [4.69, 9.17) is 5.11 Å². The van der Waals surface area contributed by atoms with Crippen molar-refractivity contribution in [1.29, 1.82) is 0 Å².